The lowest BCUT2D eigenvalue weighted by Crippen LogP contribution is -2.35. The number of anilines is 1. The number of rotatable bonds is 2. The van der Waals surface area contributed by atoms with Gasteiger partial charge in [-0.25, -0.2) is 5.01 Å². The van der Waals surface area contributed by atoms with E-state index in [-0.39, 0.29) is 16.9 Å². The molecule has 116 valence electrons. The zero-order valence-electron chi connectivity index (χ0n) is 11.6. The van der Waals surface area contributed by atoms with Gasteiger partial charge in [-0.05, 0) is 46.3 Å². The van der Waals surface area contributed by atoms with Crippen LogP contribution >= 0.6 is 27.5 Å². The normalized spacial score (nSPS) is 16.1. The van der Waals surface area contributed by atoms with Gasteiger partial charge in [0, 0.05) is 10.6 Å². The second kappa shape index (κ2) is 6.06. The van der Waals surface area contributed by atoms with Crippen molar-refractivity contribution in [3.63, 3.8) is 0 Å². The first-order chi connectivity index (χ1) is 11.0. The number of benzene rings is 2. The van der Waals surface area contributed by atoms with E-state index in [4.69, 9.17) is 11.6 Å². The fraction of sp³-hybridized carbons (Fsp3) is 0. The van der Waals surface area contributed by atoms with Gasteiger partial charge in [0.2, 0.25) is 0 Å². The summed E-state index contributed by atoms with van der Waals surface area (Å²) in [6.07, 6.45) is 1.31. The standard InChI is InChI=1S/C16H10BrClN2O3/c17-13-8-10(18)6-9(14(13)21)7-12-15(22)19-20(16(12)23)11-4-2-1-3-5-11/h1-8,21H,(H,19,22)/b12-7-. The molecule has 1 aliphatic rings. The number of hydrazine groups is 1. The molecule has 2 N–H and O–H groups in total. The highest BCUT2D eigenvalue weighted by molar-refractivity contribution is 9.10. The van der Waals surface area contributed by atoms with Crippen LogP contribution in [0.15, 0.2) is 52.5 Å². The van der Waals surface area contributed by atoms with Crippen LogP contribution in [0.5, 0.6) is 5.75 Å². The minimum Gasteiger partial charge on any atom is -0.506 e. The molecule has 2 aromatic rings. The molecular formula is C16H10BrClN2O3. The van der Waals surface area contributed by atoms with E-state index in [1.165, 1.54) is 18.2 Å². The smallest absolute Gasteiger partial charge is 0.282 e. The van der Waals surface area contributed by atoms with Gasteiger partial charge in [-0.3, -0.25) is 15.0 Å². The van der Waals surface area contributed by atoms with Gasteiger partial charge in [0.15, 0.2) is 0 Å². The van der Waals surface area contributed by atoms with Crippen LogP contribution in [0.3, 0.4) is 0 Å². The van der Waals surface area contributed by atoms with Crippen molar-refractivity contribution < 1.29 is 14.7 Å². The lowest BCUT2D eigenvalue weighted by molar-refractivity contribution is -0.117. The van der Waals surface area contributed by atoms with Crippen LogP contribution < -0.4 is 10.4 Å². The molecule has 3 rings (SSSR count). The topological polar surface area (TPSA) is 69.6 Å². The van der Waals surface area contributed by atoms with Gasteiger partial charge in [-0.15, -0.1) is 0 Å². The van der Waals surface area contributed by atoms with Gasteiger partial charge in [0.25, 0.3) is 11.8 Å². The zero-order chi connectivity index (χ0) is 16.6. The van der Waals surface area contributed by atoms with Gasteiger partial charge >= 0.3 is 0 Å². The third kappa shape index (κ3) is 2.95. The Balaban J connectivity index is 2.01. The summed E-state index contributed by atoms with van der Waals surface area (Å²) in [6.45, 7) is 0. The number of hydrogen-bond donors (Lipinski definition) is 2. The number of halogens is 2. The van der Waals surface area contributed by atoms with Gasteiger partial charge < -0.3 is 5.11 Å². The van der Waals surface area contributed by atoms with Gasteiger partial charge in [-0.1, -0.05) is 29.8 Å². The summed E-state index contributed by atoms with van der Waals surface area (Å²) in [7, 11) is 0. The lowest BCUT2D eigenvalue weighted by Gasteiger charge is -2.13. The summed E-state index contributed by atoms with van der Waals surface area (Å²) >= 11 is 9.10. The predicted octanol–water partition coefficient (Wildman–Crippen LogP) is 3.27. The first-order valence-corrected chi connectivity index (χ1v) is 7.74. The van der Waals surface area contributed by atoms with Crippen molar-refractivity contribution in [2.45, 2.75) is 0 Å². The number of phenols is 1. The molecule has 1 aliphatic heterocycles. The number of carbonyl (C=O) groups excluding carboxylic acids is 2. The molecule has 1 saturated heterocycles. The third-order valence-corrected chi connectivity index (χ3v) is 4.09. The number of carbonyl (C=O) groups is 2. The first-order valence-electron chi connectivity index (χ1n) is 6.57. The van der Waals surface area contributed by atoms with Gasteiger partial charge in [0.05, 0.1) is 10.2 Å². The number of nitrogens with zero attached hydrogens (tertiary/aromatic N) is 1. The molecule has 0 radical (unpaired) electrons. The van der Waals surface area contributed by atoms with Crippen molar-refractivity contribution in [3.05, 3.63) is 63.1 Å². The van der Waals surface area contributed by atoms with Crippen LogP contribution in [-0.4, -0.2) is 16.9 Å². The van der Waals surface area contributed by atoms with E-state index in [2.05, 4.69) is 21.4 Å². The molecule has 7 heteroatoms. The average molecular weight is 394 g/mol. The maximum atomic E-state index is 12.4. The predicted molar refractivity (Wildman–Crippen MR) is 90.9 cm³/mol. The average Bonchev–Trinajstić information content (AvgIpc) is 2.81. The summed E-state index contributed by atoms with van der Waals surface area (Å²) in [5.74, 6) is -1.15. The highest BCUT2D eigenvalue weighted by atomic mass is 79.9. The third-order valence-electron chi connectivity index (χ3n) is 3.26. The Morgan fingerprint density at radius 3 is 2.57 bits per heavy atom. The second-order valence-corrected chi connectivity index (χ2v) is 6.09. The molecule has 0 bridgehead atoms. The maximum absolute atomic E-state index is 12.4. The van der Waals surface area contributed by atoms with Crippen LogP contribution in [0.2, 0.25) is 5.02 Å². The highest BCUT2D eigenvalue weighted by Gasteiger charge is 2.34. The molecule has 0 aliphatic carbocycles. The van der Waals surface area contributed by atoms with Crippen LogP contribution in [0.1, 0.15) is 5.56 Å². The van der Waals surface area contributed by atoms with Gasteiger partial charge in [-0.2, -0.15) is 0 Å². The fourth-order valence-electron chi connectivity index (χ4n) is 2.17. The molecule has 0 spiro atoms. The number of amides is 2. The molecular weight excluding hydrogens is 384 g/mol. The SMILES string of the molecule is O=C1NN(c2ccccc2)C(=O)/C1=C\c1cc(Cl)cc(Br)c1O. The zero-order valence-corrected chi connectivity index (χ0v) is 13.9. The molecule has 0 saturated carbocycles. The molecule has 5 nitrogen and oxygen atoms in total. The van der Waals surface area contributed by atoms with Crippen molar-refractivity contribution in [1.29, 1.82) is 0 Å². The molecule has 1 heterocycles. The monoisotopic (exact) mass is 392 g/mol. The highest BCUT2D eigenvalue weighted by Crippen LogP contribution is 2.33. The summed E-state index contributed by atoms with van der Waals surface area (Å²) in [5.41, 5.74) is 3.23. The summed E-state index contributed by atoms with van der Waals surface area (Å²) < 4.78 is 0.377. The second-order valence-electron chi connectivity index (χ2n) is 4.80. The Labute approximate surface area is 145 Å². The summed E-state index contributed by atoms with van der Waals surface area (Å²) in [4.78, 5) is 24.5. The quantitative estimate of drug-likeness (QED) is 0.608. The van der Waals surface area contributed by atoms with Crippen molar-refractivity contribution in [2.24, 2.45) is 0 Å². The minimum atomic E-state index is -0.547. The molecule has 23 heavy (non-hydrogen) atoms. The van der Waals surface area contributed by atoms with E-state index in [1.54, 1.807) is 24.3 Å². The molecule has 0 atom stereocenters. The number of phenolic OH excluding ortho intramolecular Hbond substituents is 1. The fourth-order valence-corrected chi connectivity index (χ4v) is 3.00. The van der Waals surface area contributed by atoms with Crippen molar-refractivity contribution in [2.75, 3.05) is 5.01 Å². The van der Waals surface area contributed by atoms with Crippen molar-refractivity contribution in [3.8, 4) is 5.75 Å². The van der Waals surface area contributed by atoms with E-state index >= 15 is 0 Å². The van der Waals surface area contributed by atoms with Crippen LogP contribution in [0.25, 0.3) is 6.08 Å². The Bertz CT molecular complexity index is 837. The van der Waals surface area contributed by atoms with Gasteiger partial charge in [0.1, 0.15) is 11.3 Å². The van der Waals surface area contributed by atoms with Crippen LogP contribution in [0.4, 0.5) is 5.69 Å². The Kier molecular flexibility index (Phi) is 4.11. The Hall–Kier alpha value is -2.31. The number of para-hydroxylation sites is 1. The minimum absolute atomic E-state index is 0.0849. The molecule has 0 unspecified atom stereocenters. The number of aromatic hydroxyl groups is 1. The largest absolute Gasteiger partial charge is 0.506 e. The lowest BCUT2D eigenvalue weighted by atomic mass is 10.1. The maximum Gasteiger partial charge on any atom is 0.282 e. The first kappa shape index (κ1) is 15.6. The Morgan fingerprint density at radius 1 is 1.17 bits per heavy atom. The van der Waals surface area contributed by atoms with E-state index in [0.29, 0.717) is 15.2 Å². The molecule has 1 fully saturated rings. The van der Waals surface area contributed by atoms with E-state index < -0.39 is 11.8 Å². The van der Waals surface area contributed by atoms with Crippen LogP contribution in [-0.2, 0) is 9.59 Å². The summed E-state index contributed by atoms with van der Waals surface area (Å²) in [5, 5.41) is 11.6. The number of nitrogens with one attached hydrogen (secondary N) is 1. The molecule has 0 aromatic heterocycles. The van der Waals surface area contributed by atoms with E-state index in [9.17, 15) is 14.7 Å². The Morgan fingerprint density at radius 2 is 1.87 bits per heavy atom. The van der Waals surface area contributed by atoms with E-state index in [0.717, 1.165) is 5.01 Å². The van der Waals surface area contributed by atoms with E-state index in [1.807, 2.05) is 6.07 Å². The number of hydrogen-bond acceptors (Lipinski definition) is 3. The summed E-state index contributed by atoms with van der Waals surface area (Å²) in [6, 6.07) is 11.7. The van der Waals surface area contributed by atoms with Crippen molar-refractivity contribution in [1.82, 2.24) is 5.43 Å². The van der Waals surface area contributed by atoms with Crippen molar-refractivity contribution >= 4 is 51.1 Å². The van der Waals surface area contributed by atoms with Crippen LogP contribution in [0, 0.1) is 0 Å². The molecule has 2 aromatic carbocycles. The molecule has 2 amide bonds.